The minimum atomic E-state index is 0.456. The van der Waals surface area contributed by atoms with Crippen LogP contribution in [0.25, 0.3) is 10.9 Å². The molecule has 5 heteroatoms. The van der Waals surface area contributed by atoms with Gasteiger partial charge in [0.25, 0.3) is 0 Å². The maximum absolute atomic E-state index is 9.34. The van der Waals surface area contributed by atoms with Gasteiger partial charge in [-0.3, -0.25) is 4.98 Å². The van der Waals surface area contributed by atoms with Gasteiger partial charge in [0.1, 0.15) is 11.8 Å². The van der Waals surface area contributed by atoms with Crippen molar-refractivity contribution in [3.8, 4) is 11.8 Å². The van der Waals surface area contributed by atoms with Crippen molar-refractivity contribution in [2.45, 2.75) is 0 Å². The molecular formula is C17H12ClN3O. The average molecular weight is 310 g/mol. The number of aromatic nitrogens is 1. The van der Waals surface area contributed by atoms with Crippen molar-refractivity contribution >= 4 is 33.9 Å². The molecule has 0 unspecified atom stereocenters. The number of nitriles is 1. The van der Waals surface area contributed by atoms with E-state index in [1.54, 1.807) is 25.4 Å². The summed E-state index contributed by atoms with van der Waals surface area (Å²) >= 11 is 6.08. The summed E-state index contributed by atoms with van der Waals surface area (Å²) in [4.78, 5) is 4.28. The average Bonchev–Trinajstić information content (AvgIpc) is 2.55. The predicted molar refractivity (Wildman–Crippen MR) is 87.7 cm³/mol. The number of rotatable bonds is 3. The monoisotopic (exact) mass is 309 g/mol. The molecule has 0 aliphatic carbocycles. The topological polar surface area (TPSA) is 57.9 Å². The van der Waals surface area contributed by atoms with Crippen LogP contribution >= 0.6 is 11.6 Å². The number of benzene rings is 2. The summed E-state index contributed by atoms with van der Waals surface area (Å²) in [7, 11) is 1.61. The van der Waals surface area contributed by atoms with Gasteiger partial charge in [-0.1, -0.05) is 17.7 Å². The van der Waals surface area contributed by atoms with Gasteiger partial charge in [-0.2, -0.15) is 5.26 Å². The molecule has 2 aromatic carbocycles. The number of fused-ring (bicyclic) bond motifs is 1. The largest absolute Gasteiger partial charge is 0.497 e. The van der Waals surface area contributed by atoms with Gasteiger partial charge in [0.15, 0.2) is 0 Å². The Morgan fingerprint density at radius 2 is 2.09 bits per heavy atom. The Hall–Kier alpha value is -2.77. The highest BCUT2D eigenvalue weighted by atomic mass is 35.5. The Morgan fingerprint density at radius 3 is 2.86 bits per heavy atom. The SMILES string of the molecule is COc1cccc(Nc2c(C#N)cnc3ccc(Cl)cc23)c1. The number of ether oxygens (including phenoxy) is 1. The number of nitrogens with one attached hydrogen (secondary N) is 1. The first-order valence-electron chi connectivity index (χ1n) is 6.60. The van der Waals surface area contributed by atoms with E-state index in [0.29, 0.717) is 16.3 Å². The second-order valence-electron chi connectivity index (χ2n) is 4.68. The number of hydrogen-bond acceptors (Lipinski definition) is 4. The van der Waals surface area contributed by atoms with Gasteiger partial charge in [0.05, 0.1) is 23.9 Å². The molecule has 0 aliphatic rings. The van der Waals surface area contributed by atoms with Crippen molar-refractivity contribution in [3.63, 3.8) is 0 Å². The lowest BCUT2D eigenvalue weighted by Crippen LogP contribution is -1.97. The highest BCUT2D eigenvalue weighted by Crippen LogP contribution is 2.31. The smallest absolute Gasteiger partial charge is 0.120 e. The van der Waals surface area contributed by atoms with Crippen LogP contribution in [0.2, 0.25) is 5.02 Å². The molecule has 22 heavy (non-hydrogen) atoms. The van der Waals surface area contributed by atoms with Crippen molar-refractivity contribution in [1.29, 1.82) is 5.26 Å². The second kappa shape index (κ2) is 5.92. The summed E-state index contributed by atoms with van der Waals surface area (Å²) in [6, 6.07) is 15.1. The molecule has 1 aromatic heterocycles. The molecule has 108 valence electrons. The number of anilines is 2. The predicted octanol–water partition coefficient (Wildman–Crippen LogP) is 4.51. The summed E-state index contributed by atoms with van der Waals surface area (Å²) in [6.45, 7) is 0. The van der Waals surface area contributed by atoms with Crippen LogP contribution in [-0.2, 0) is 0 Å². The maximum Gasteiger partial charge on any atom is 0.120 e. The summed E-state index contributed by atoms with van der Waals surface area (Å²) in [5.74, 6) is 0.736. The number of pyridine rings is 1. The van der Waals surface area contributed by atoms with E-state index in [-0.39, 0.29) is 0 Å². The van der Waals surface area contributed by atoms with E-state index >= 15 is 0 Å². The standard InChI is InChI=1S/C17H12ClN3O/c1-22-14-4-2-3-13(8-14)21-17-11(9-19)10-20-16-6-5-12(18)7-15(16)17/h2-8,10H,1H3,(H,20,21). The zero-order chi connectivity index (χ0) is 15.5. The molecule has 0 radical (unpaired) electrons. The molecule has 4 nitrogen and oxygen atoms in total. The lowest BCUT2D eigenvalue weighted by molar-refractivity contribution is 0.415. The van der Waals surface area contributed by atoms with Crippen molar-refractivity contribution < 1.29 is 4.74 Å². The molecule has 0 saturated carbocycles. The van der Waals surface area contributed by atoms with Crippen LogP contribution in [0.1, 0.15) is 5.56 Å². The number of halogens is 1. The Balaban J connectivity index is 2.15. The normalized spacial score (nSPS) is 10.2. The van der Waals surface area contributed by atoms with Gasteiger partial charge in [0.2, 0.25) is 0 Å². The minimum absolute atomic E-state index is 0.456. The molecule has 0 aliphatic heterocycles. The molecule has 0 saturated heterocycles. The van der Waals surface area contributed by atoms with Gasteiger partial charge >= 0.3 is 0 Å². The van der Waals surface area contributed by atoms with E-state index in [1.165, 1.54) is 0 Å². The van der Waals surface area contributed by atoms with E-state index in [9.17, 15) is 5.26 Å². The Bertz CT molecular complexity index is 887. The fourth-order valence-corrected chi connectivity index (χ4v) is 2.40. The number of methoxy groups -OCH3 is 1. The molecule has 3 aromatic rings. The van der Waals surface area contributed by atoms with Gasteiger partial charge in [-0.25, -0.2) is 0 Å². The molecule has 1 N–H and O–H groups in total. The van der Waals surface area contributed by atoms with Crippen molar-refractivity contribution in [2.75, 3.05) is 12.4 Å². The van der Waals surface area contributed by atoms with Crippen LogP contribution in [0.4, 0.5) is 11.4 Å². The summed E-state index contributed by atoms with van der Waals surface area (Å²) in [6.07, 6.45) is 1.55. The Kier molecular flexibility index (Phi) is 3.82. The number of hydrogen-bond donors (Lipinski definition) is 1. The molecule has 0 spiro atoms. The van der Waals surface area contributed by atoms with Crippen LogP contribution in [-0.4, -0.2) is 12.1 Å². The lowest BCUT2D eigenvalue weighted by Gasteiger charge is -2.12. The summed E-state index contributed by atoms with van der Waals surface area (Å²) in [5.41, 5.74) is 2.73. The van der Waals surface area contributed by atoms with Gasteiger partial charge < -0.3 is 10.1 Å². The highest BCUT2D eigenvalue weighted by molar-refractivity contribution is 6.31. The summed E-state index contributed by atoms with van der Waals surface area (Å²) in [5, 5.41) is 14.0. The first-order chi connectivity index (χ1) is 10.7. The van der Waals surface area contributed by atoms with Crippen LogP contribution < -0.4 is 10.1 Å². The first-order valence-corrected chi connectivity index (χ1v) is 6.98. The number of nitrogens with zero attached hydrogens (tertiary/aromatic N) is 2. The van der Waals surface area contributed by atoms with E-state index in [2.05, 4.69) is 16.4 Å². The van der Waals surface area contributed by atoms with Crippen molar-refractivity contribution in [3.05, 3.63) is 59.2 Å². The quantitative estimate of drug-likeness (QED) is 0.773. The van der Waals surface area contributed by atoms with Gasteiger partial charge in [0, 0.05) is 28.4 Å². The van der Waals surface area contributed by atoms with Crippen molar-refractivity contribution in [1.82, 2.24) is 4.98 Å². The van der Waals surface area contributed by atoms with E-state index in [0.717, 1.165) is 22.3 Å². The fourth-order valence-electron chi connectivity index (χ4n) is 2.23. The van der Waals surface area contributed by atoms with Gasteiger partial charge in [-0.15, -0.1) is 0 Å². The lowest BCUT2D eigenvalue weighted by atomic mass is 10.1. The zero-order valence-electron chi connectivity index (χ0n) is 11.8. The molecular weight excluding hydrogens is 298 g/mol. The van der Waals surface area contributed by atoms with E-state index in [4.69, 9.17) is 16.3 Å². The van der Waals surface area contributed by atoms with Crippen LogP contribution in [0, 0.1) is 11.3 Å². The van der Waals surface area contributed by atoms with Gasteiger partial charge in [-0.05, 0) is 30.3 Å². The second-order valence-corrected chi connectivity index (χ2v) is 5.11. The minimum Gasteiger partial charge on any atom is -0.497 e. The molecule has 0 atom stereocenters. The fraction of sp³-hybridized carbons (Fsp3) is 0.0588. The molecule has 0 fully saturated rings. The van der Waals surface area contributed by atoms with Crippen LogP contribution in [0.15, 0.2) is 48.7 Å². The molecule has 0 amide bonds. The van der Waals surface area contributed by atoms with E-state index < -0.39 is 0 Å². The Labute approximate surface area is 132 Å². The third-order valence-electron chi connectivity index (χ3n) is 3.29. The Morgan fingerprint density at radius 1 is 1.23 bits per heavy atom. The molecule has 3 rings (SSSR count). The van der Waals surface area contributed by atoms with Crippen LogP contribution in [0.3, 0.4) is 0 Å². The molecule has 1 heterocycles. The van der Waals surface area contributed by atoms with Crippen LogP contribution in [0.5, 0.6) is 5.75 Å². The summed E-state index contributed by atoms with van der Waals surface area (Å²) < 4.78 is 5.22. The van der Waals surface area contributed by atoms with Crippen molar-refractivity contribution in [2.24, 2.45) is 0 Å². The first kappa shape index (κ1) is 14.2. The van der Waals surface area contributed by atoms with E-state index in [1.807, 2.05) is 30.3 Å². The highest BCUT2D eigenvalue weighted by Gasteiger charge is 2.10. The third-order valence-corrected chi connectivity index (χ3v) is 3.52. The maximum atomic E-state index is 9.34. The third kappa shape index (κ3) is 2.67. The zero-order valence-corrected chi connectivity index (χ0v) is 12.6. The molecule has 0 bridgehead atoms.